The molecule has 0 amide bonds. The highest BCUT2D eigenvalue weighted by Gasteiger charge is 2.27. The van der Waals surface area contributed by atoms with E-state index in [1.54, 1.807) is 0 Å². The van der Waals surface area contributed by atoms with Crippen molar-refractivity contribution in [1.29, 1.82) is 0 Å². The molecular formula is C7H7F3N2O2S. The fourth-order valence-corrected chi connectivity index (χ4v) is 1.36. The lowest BCUT2D eigenvalue weighted by Gasteiger charge is -2.04. The fraction of sp³-hybridized carbons (Fsp3) is 0.429. The van der Waals surface area contributed by atoms with Crippen molar-refractivity contribution < 1.29 is 23.1 Å². The van der Waals surface area contributed by atoms with Crippen LogP contribution in [0.4, 0.5) is 13.2 Å². The second-order valence-corrected chi connectivity index (χ2v) is 3.75. The molecule has 0 atom stereocenters. The van der Waals surface area contributed by atoms with Crippen molar-refractivity contribution in [3.63, 3.8) is 0 Å². The van der Waals surface area contributed by atoms with Gasteiger partial charge in [0, 0.05) is 11.9 Å². The summed E-state index contributed by atoms with van der Waals surface area (Å²) in [5.41, 5.74) is -4.30. The molecule has 1 aromatic rings. The first-order valence-corrected chi connectivity index (χ1v) is 4.83. The number of carbonyl (C=O) groups is 1. The van der Waals surface area contributed by atoms with Gasteiger partial charge in [-0.25, -0.2) is 4.79 Å². The first-order chi connectivity index (χ1) is 6.88. The van der Waals surface area contributed by atoms with Gasteiger partial charge in [0.15, 0.2) is 0 Å². The molecule has 0 aromatic carbocycles. The largest absolute Gasteiger partial charge is 0.478 e. The number of aromatic nitrogens is 2. The van der Waals surface area contributed by atoms with E-state index in [-0.39, 0.29) is 29.6 Å². The fourth-order valence-electron chi connectivity index (χ4n) is 0.851. The minimum atomic E-state index is -4.26. The Kier molecular flexibility index (Phi) is 3.61. The second-order valence-electron chi connectivity index (χ2n) is 2.59. The molecular weight excluding hydrogens is 233 g/mol. The molecule has 0 saturated carbocycles. The standard InChI is InChI=1S/C7H7F3N2O2S/c8-7(9,10)15-2-1-12-4-5(3-11-12)6(13)14/h3-4H,1-2H2,(H,13,14). The van der Waals surface area contributed by atoms with Gasteiger partial charge in [0.25, 0.3) is 0 Å². The number of aryl methyl sites for hydroxylation is 1. The highest BCUT2D eigenvalue weighted by atomic mass is 32.2. The Balaban J connectivity index is 2.41. The number of carboxylic acids is 1. The van der Waals surface area contributed by atoms with E-state index in [0.717, 1.165) is 6.20 Å². The van der Waals surface area contributed by atoms with Crippen LogP contribution in [0.25, 0.3) is 0 Å². The minimum absolute atomic E-state index is 0.0253. The number of carboxylic acid groups (broad SMARTS) is 1. The summed E-state index contributed by atoms with van der Waals surface area (Å²) < 4.78 is 36.4. The maximum absolute atomic E-state index is 11.7. The van der Waals surface area contributed by atoms with Crippen LogP contribution in [0, 0.1) is 0 Å². The lowest BCUT2D eigenvalue weighted by Crippen LogP contribution is -2.07. The normalized spacial score (nSPS) is 11.7. The Hall–Kier alpha value is -1.18. The van der Waals surface area contributed by atoms with Crippen LogP contribution in [0.1, 0.15) is 10.4 Å². The third-order valence-electron chi connectivity index (χ3n) is 1.47. The average molecular weight is 240 g/mol. The number of nitrogens with zero attached hydrogens (tertiary/aromatic N) is 2. The number of thioether (sulfide) groups is 1. The molecule has 0 aliphatic heterocycles. The monoisotopic (exact) mass is 240 g/mol. The summed E-state index contributed by atoms with van der Waals surface area (Å²) in [6.07, 6.45) is 2.29. The summed E-state index contributed by atoms with van der Waals surface area (Å²) in [6, 6.07) is 0. The molecule has 1 N–H and O–H groups in total. The number of rotatable bonds is 4. The summed E-state index contributed by atoms with van der Waals surface area (Å²) in [6.45, 7) is 0.0253. The Morgan fingerprint density at radius 3 is 2.73 bits per heavy atom. The Morgan fingerprint density at radius 2 is 2.27 bits per heavy atom. The Morgan fingerprint density at radius 1 is 1.60 bits per heavy atom. The molecule has 1 rings (SSSR count). The summed E-state index contributed by atoms with van der Waals surface area (Å²) in [5.74, 6) is -1.34. The zero-order valence-corrected chi connectivity index (χ0v) is 8.18. The molecule has 0 fully saturated rings. The molecule has 4 nitrogen and oxygen atoms in total. The van der Waals surface area contributed by atoms with Crippen LogP contribution in [0.3, 0.4) is 0 Å². The van der Waals surface area contributed by atoms with E-state index in [9.17, 15) is 18.0 Å². The first-order valence-electron chi connectivity index (χ1n) is 3.85. The van der Waals surface area contributed by atoms with E-state index in [0.29, 0.717) is 0 Å². The van der Waals surface area contributed by atoms with E-state index in [1.165, 1.54) is 10.9 Å². The molecule has 0 unspecified atom stereocenters. The number of hydrogen-bond donors (Lipinski definition) is 1. The highest BCUT2D eigenvalue weighted by Crippen LogP contribution is 2.29. The Bertz CT molecular complexity index is 350. The first kappa shape index (κ1) is 11.9. The van der Waals surface area contributed by atoms with Crippen molar-refractivity contribution in [2.24, 2.45) is 0 Å². The molecule has 0 aliphatic rings. The van der Waals surface area contributed by atoms with E-state index < -0.39 is 11.5 Å². The molecule has 1 aromatic heterocycles. The van der Waals surface area contributed by atoms with Gasteiger partial charge in [0.05, 0.1) is 18.3 Å². The molecule has 8 heteroatoms. The molecule has 0 spiro atoms. The summed E-state index contributed by atoms with van der Waals surface area (Å²) in [5, 5.41) is 12.1. The zero-order valence-electron chi connectivity index (χ0n) is 7.36. The van der Waals surface area contributed by atoms with Crippen molar-refractivity contribution in [3.8, 4) is 0 Å². The summed E-state index contributed by atoms with van der Waals surface area (Å²) in [7, 11) is 0. The predicted molar refractivity (Wildman–Crippen MR) is 47.7 cm³/mol. The highest BCUT2D eigenvalue weighted by molar-refractivity contribution is 8.00. The molecule has 15 heavy (non-hydrogen) atoms. The number of halogens is 3. The van der Waals surface area contributed by atoms with Gasteiger partial charge in [-0.1, -0.05) is 0 Å². The van der Waals surface area contributed by atoms with E-state index in [1.807, 2.05) is 0 Å². The van der Waals surface area contributed by atoms with E-state index >= 15 is 0 Å². The second kappa shape index (κ2) is 4.56. The van der Waals surface area contributed by atoms with Crippen molar-refractivity contribution in [3.05, 3.63) is 18.0 Å². The predicted octanol–water partition coefficient (Wildman–Crippen LogP) is 1.83. The third-order valence-corrected chi connectivity index (χ3v) is 2.18. The molecule has 84 valence electrons. The molecule has 0 bridgehead atoms. The van der Waals surface area contributed by atoms with E-state index in [2.05, 4.69) is 5.10 Å². The lowest BCUT2D eigenvalue weighted by atomic mass is 10.4. The summed E-state index contributed by atoms with van der Waals surface area (Å²) in [4.78, 5) is 10.4. The third kappa shape index (κ3) is 4.24. The van der Waals surface area contributed by atoms with Crippen LogP contribution in [0.2, 0.25) is 0 Å². The minimum Gasteiger partial charge on any atom is -0.478 e. The lowest BCUT2D eigenvalue weighted by molar-refractivity contribution is -0.0328. The number of alkyl halides is 3. The van der Waals surface area contributed by atoms with Gasteiger partial charge in [-0.2, -0.15) is 18.3 Å². The van der Waals surface area contributed by atoms with Gasteiger partial charge < -0.3 is 5.11 Å². The number of hydrogen-bond acceptors (Lipinski definition) is 3. The van der Waals surface area contributed by atoms with Crippen LogP contribution in [0.5, 0.6) is 0 Å². The van der Waals surface area contributed by atoms with Gasteiger partial charge >= 0.3 is 11.5 Å². The van der Waals surface area contributed by atoms with E-state index in [4.69, 9.17) is 5.11 Å². The Labute approximate surface area is 87.1 Å². The smallest absolute Gasteiger partial charge is 0.441 e. The quantitative estimate of drug-likeness (QED) is 0.872. The van der Waals surface area contributed by atoms with Gasteiger partial charge in [0.1, 0.15) is 0 Å². The van der Waals surface area contributed by atoms with Crippen LogP contribution < -0.4 is 0 Å². The zero-order chi connectivity index (χ0) is 11.5. The summed E-state index contributed by atoms with van der Waals surface area (Å²) >= 11 is -0.162. The van der Waals surface area contributed by atoms with Crippen LogP contribution in [0.15, 0.2) is 12.4 Å². The van der Waals surface area contributed by atoms with Crippen molar-refractivity contribution in [2.45, 2.75) is 12.1 Å². The molecule has 0 aliphatic carbocycles. The number of aromatic carboxylic acids is 1. The van der Waals surface area contributed by atoms with Crippen LogP contribution >= 0.6 is 11.8 Å². The topological polar surface area (TPSA) is 55.1 Å². The van der Waals surface area contributed by atoms with Gasteiger partial charge in [0.2, 0.25) is 0 Å². The van der Waals surface area contributed by atoms with Crippen molar-refractivity contribution in [1.82, 2.24) is 9.78 Å². The van der Waals surface area contributed by atoms with Crippen molar-refractivity contribution in [2.75, 3.05) is 5.75 Å². The van der Waals surface area contributed by atoms with Crippen LogP contribution in [-0.4, -0.2) is 32.1 Å². The molecule has 0 radical (unpaired) electrons. The molecule has 0 saturated heterocycles. The van der Waals surface area contributed by atoms with Crippen LogP contribution in [-0.2, 0) is 6.54 Å². The SMILES string of the molecule is O=C(O)c1cnn(CCSC(F)(F)F)c1. The average Bonchev–Trinajstić information content (AvgIpc) is 2.50. The maximum atomic E-state index is 11.7. The van der Waals surface area contributed by atoms with Gasteiger partial charge in [-0.05, 0) is 11.8 Å². The van der Waals surface area contributed by atoms with Crippen molar-refractivity contribution >= 4 is 17.7 Å². The van der Waals surface area contributed by atoms with Gasteiger partial charge in [-0.15, -0.1) is 0 Å². The molecule has 1 heterocycles. The maximum Gasteiger partial charge on any atom is 0.441 e. The van der Waals surface area contributed by atoms with Gasteiger partial charge in [-0.3, -0.25) is 4.68 Å².